The first kappa shape index (κ1) is 16.3. The normalized spacial score (nSPS) is 12.9. The van der Waals surface area contributed by atoms with Gasteiger partial charge < -0.3 is 5.32 Å². The minimum atomic E-state index is 0.467. The van der Waals surface area contributed by atoms with Gasteiger partial charge in [0.15, 0.2) is 0 Å². The van der Waals surface area contributed by atoms with E-state index in [1.165, 1.54) is 32.9 Å². The number of nitrogens with one attached hydrogen (secondary N) is 1. The molecule has 0 aliphatic rings. The van der Waals surface area contributed by atoms with E-state index < -0.39 is 0 Å². The molecule has 0 fully saturated rings. The third-order valence-corrected chi connectivity index (χ3v) is 4.94. The molecular formula is C19H27NS. The highest BCUT2D eigenvalue weighted by Crippen LogP contribution is 2.34. The highest BCUT2D eigenvalue weighted by atomic mass is 32.1. The highest BCUT2D eigenvalue weighted by molar-refractivity contribution is 7.15. The first-order valence-electron chi connectivity index (χ1n) is 7.93. The molecule has 0 aliphatic carbocycles. The van der Waals surface area contributed by atoms with Crippen molar-refractivity contribution in [2.45, 2.75) is 47.1 Å². The largest absolute Gasteiger partial charge is 0.309 e. The van der Waals surface area contributed by atoms with Crippen LogP contribution in [0.1, 0.15) is 49.2 Å². The SMILES string of the molecule is CCCNC(c1ccc(-c2cc(C)cc(C)c2)s1)C(C)C. The van der Waals surface area contributed by atoms with E-state index in [1.807, 2.05) is 11.3 Å². The summed E-state index contributed by atoms with van der Waals surface area (Å²) in [6.07, 6.45) is 1.18. The van der Waals surface area contributed by atoms with Gasteiger partial charge >= 0.3 is 0 Å². The van der Waals surface area contributed by atoms with Gasteiger partial charge in [-0.05, 0) is 50.4 Å². The predicted molar refractivity (Wildman–Crippen MR) is 95.1 cm³/mol. The Morgan fingerprint density at radius 3 is 2.29 bits per heavy atom. The lowest BCUT2D eigenvalue weighted by Crippen LogP contribution is -2.25. The van der Waals surface area contributed by atoms with Crippen LogP contribution in [0.4, 0.5) is 0 Å². The van der Waals surface area contributed by atoms with Gasteiger partial charge in [-0.2, -0.15) is 0 Å². The number of thiophene rings is 1. The first-order valence-corrected chi connectivity index (χ1v) is 8.74. The lowest BCUT2D eigenvalue weighted by atomic mass is 10.0. The fraction of sp³-hybridized carbons (Fsp3) is 0.474. The molecule has 0 saturated heterocycles. The van der Waals surface area contributed by atoms with Crippen LogP contribution in [-0.2, 0) is 0 Å². The molecule has 114 valence electrons. The molecule has 0 radical (unpaired) electrons. The number of hydrogen-bond donors (Lipinski definition) is 1. The zero-order valence-corrected chi connectivity index (χ0v) is 14.7. The van der Waals surface area contributed by atoms with E-state index in [9.17, 15) is 0 Å². The summed E-state index contributed by atoms with van der Waals surface area (Å²) in [7, 11) is 0. The molecule has 1 heterocycles. The van der Waals surface area contributed by atoms with Crippen molar-refractivity contribution in [2.75, 3.05) is 6.54 Å². The van der Waals surface area contributed by atoms with Crippen LogP contribution in [0.25, 0.3) is 10.4 Å². The van der Waals surface area contributed by atoms with Crippen molar-refractivity contribution in [1.82, 2.24) is 5.32 Å². The van der Waals surface area contributed by atoms with E-state index in [4.69, 9.17) is 0 Å². The number of hydrogen-bond acceptors (Lipinski definition) is 2. The second kappa shape index (κ2) is 7.24. The topological polar surface area (TPSA) is 12.0 Å². The van der Waals surface area contributed by atoms with Crippen LogP contribution in [0, 0.1) is 19.8 Å². The summed E-state index contributed by atoms with van der Waals surface area (Å²) in [6.45, 7) is 12.2. The number of benzene rings is 1. The van der Waals surface area contributed by atoms with E-state index >= 15 is 0 Å². The minimum Gasteiger partial charge on any atom is -0.309 e. The molecule has 1 unspecified atom stereocenters. The first-order chi connectivity index (χ1) is 10.0. The standard InChI is InChI=1S/C19H27NS/c1-6-9-20-19(13(2)3)18-8-7-17(21-18)16-11-14(4)10-15(5)12-16/h7-8,10-13,19-20H,6,9H2,1-5H3. The van der Waals surface area contributed by atoms with Gasteiger partial charge in [0.2, 0.25) is 0 Å². The second-order valence-corrected chi connectivity index (χ2v) is 7.37. The zero-order chi connectivity index (χ0) is 15.4. The summed E-state index contributed by atoms with van der Waals surface area (Å²) in [5.41, 5.74) is 4.02. The molecule has 1 atom stereocenters. The van der Waals surface area contributed by atoms with Gasteiger partial charge in [0.1, 0.15) is 0 Å². The predicted octanol–water partition coefficient (Wildman–Crippen LogP) is 5.73. The fourth-order valence-corrected chi connectivity index (χ4v) is 4.00. The quantitative estimate of drug-likeness (QED) is 0.718. The molecule has 0 amide bonds. The monoisotopic (exact) mass is 301 g/mol. The summed E-state index contributed by atoms with van der Waals surface area (Å²) >= 11 is 1.93. The molecule has 1 N–H and O–H groups in total. The Morgan fingerprint density at radius 1 is 1.05 bits per heavy atom. The molecule has 2 rings (SSSR count). The van der Waals surface area contributed by atoms with Crippen LogP contribution < -0.4 is 5.32 Å². The van der Waals surface area contributed by atoms with Crippen molar-refractivity contribution >= 4 is 11.3 Å². The van der Waals surface area contributed by atoms with Crippen LogP contribution in [0.3, 0.4) is 0 Å². The Bertz CT molecular complexity index is 563. The van der Waals surface area contributed by atoms with Gasteiger partial charge in [-0.3, -0.25) is 0 Å². The summed E-state index contributed by atoms with van der Waals surface area (Å²) in [5.74, 6) is 0.613. The second-order valence-electron chi connectivity index (χ2n) is 6.25. The summed E-state index contributed by atoms with van der Waals surface area (Å²) in [4.78, 5) is 2.83. The van der Waals surface area contributed by atoms with Gasteiger partial charge in [-0.1, -0.05) is 50.1 Å². The van der Waals surface area contributed by atoms with Crippen molar-refractivity contribution in [2.24, 2.45) is 5.92 Å². The van der Waals surface area contributed by atoms with E-state index in [-0.39, 0.29) is 0 Å². The van der Waals surface area contributed by atoms with Crippen LogP contribution in [0.15, 0.2) is 30.3 Å². The highest BCUT2D eigenvalue weighted by Gasteiger charge is 2.17. The molecule has 0 spiro atoms. The van der Waals surface area contributed by atoms with Gasteiger partial charge in [0.25, 0.3) is 0 Å². The van der Waals surface area contributed by atoms with Crippen molar-refractivity contribution in [1.29, 1.82) is 0 Å². The Balaban J connectivity index is 2.27. The molecule has 2 heteroatoms. The Morgan fingerprint density at radius 2 is 1.71 bits per heavy atom. The Labute approximate surface area is 133 Å². The maximum absolute atomic E-state index is 3.68. The van der Waals surface area contributed by atoms with E-state index in [0.29, 0.717) is 12.0 Å². The lowest BCUT2D eigenvalue weighted by molar-refractivity contribution is 0.418. The van der Waals surface area contributed by atoms with E-state index in [0.717, 1.165) is 6.54 Å². The summed E-state index contributed by atoms with van der Waals surface area (Å²) in [6, 6.07) is 11.8. The van der Waals surface area contributed by atoms with Crippen molar-refractivity contribution in [3.63, 3.8) is 0 Å². The van der Waals surface area contributed by atoms with E-state index in [1.54, 1.807) is 0 Å². The van der Waals surface area contributed by atoms with Crippen molar-refractivity contribution in [3.8, 4) is 10.4 Å². The Hall–Kier alpha value is -1.12. The average Bonchev–Trinajstić information content (AvgIpc) is 2.87. The molecule has 0 aliphatic heterocycles. The summed E-state index contributed by atoms with van der Waals surface area (Å²) in [5, 5.41) is 3.68. The maximum Gasteiger partial charge on any atom is 0.0438 e. The van der Waals surface area contributed by atoms with Crippen LogP contribution >= 0.6 is 11.3 Å². The molecule has 0 bridgehead atoms. The minimum absolute atomic E-state index is 0.467. The lowest BCUT2D eigenvalue weighted by Gasteiger charge is -2.21. The van der Waals surface area contributed by atoms with Crippen LogP contribution in [-0.4, -0.2) is 6.54 Å². The molecule has 21 heavy (non-hydrogen) atoms. The third kappa shape index (κ3) is 4.18. The molecule has 1 nitrogen and oxygen atoms in total. The summed E-state index contributed by atoms with van der Waals surface area (Å²) < 4.78 is 0. The molecule has 1 aromatic carbocycles. The molecular weight excluding hydrogens is 274 g/mol. The molecule has 0 saturated carbocycles. The zero-order valence-electron chi connectivity index (χ0n) is 13.9. The van der Waals surface area contributed by atoms with E-state index in [2.05, 4.69) is 70.3 Å². The van der Waals surface area contributed by atoms with Gasteiger partial charge in [0, 0.05) is 15.8 Å². The number of rotatable bonds is 6. The van der Waals surface area contributed by atoms with Crippen LogP contribution in [0.5, 0.6) is 0 Å². The van der Waals surface area contributed by atoms with Gasteiger partial charge in [-0.25, -0.2) is 0 Å². The van der Waals surface area contributed by atoms with Gasteiger partial charge in [-0.15, -0.1) is 11.3 Å². The van der Waals surface area contributed by atoms with Crippen LogP contribution in [0.2, 0.25) is 0 Å². The smallest absolute Gasteiger partial charge is 0.0438 e. The maximum atomic E-state index is 3.68. The average molecular weight is 301 g/mol. The van der Waals surface area contributed by atoms with Crippen molar-refractivity contribution in [3.05, 3.63) is 46.3 Å². The van der Waals surface area contributed by atoms with Crippen molar-refractivity contribution < 1.29 is 0 Å². The third-order valence-electron chi connectivity index (χ3n) is 3.72. The van der Waals surface area contributed by atoms with Gasteiger partial charge in [0.05, 0.1) is 0 Å². The Kier molecular flexibility index (Phi) is 5.60. The fourth-order valence-electron chi connectivity index (χ4n) is 2.76. The number of aryl methyl sites for hydroxylation is 2. The molecule has 1 aromatic heterocycles. The molecule has 2 aromatic rings.